The maximum atomic E-state index is 5.94. The highest BCUT2D eigenvalue weighted by Crippen LogP contribution is 2.09. The zero-order valence-electron chi connectivity index (χ0n) is 7.70. The first-order chi connectivity index (χ1) is 6.86. The van der Waals surface area contributed by atoms with E-state index in [-0.39, 0.29) is 12.2 Å². The van der Waals surface area contributed by atoms with Crippen molar-refractivity contribution in [3.05, 3.63) is 34.8 Å². The summed E-state index contributed by atoms with van der Waals surface area (Å²) in [6.07, 6.45) is -0.171. The number of fused-ring (bicyclic) bond motifs is 2. The first-order valence-electron chi connectivity index (χ1n) is 4.76. The monoisotopic (exact) mass is 188 g/mol. The Balaban J connectivity index is 2.37. The van der Waals surface area contributed by atoms with Crippen molar-refractivity contribution in [2.75, 3.05) is 6.67 Å². The number of benzene rings is 1. The van der Waals surface area contributed by atoms with Gasteiger partial charge in [-0.15, -0.1) is 0 Å². The molecule has 4 N–H and O–H groups in total. The second-order valence-electron chi connectivity index (χ2n) is 3.59. The molecule has 0 aliphatic carbocycles. The molecule has 0 bridgehead atoms. The summed E-state index contributed by atoms with van der Waals surface area (Å²) in [6.45, 7) is 0.775. The van der Waals surface area contributed by atoms with Gasteiger partial charge in [0.2, 0.25) is 0 Å². The van der Waals surface area contributed by atoms with E-state index >= 15 is 0 Å². The number of nitrogens with two attached hydrogens (primary N) is 1. The molecule has 2 unspecified atom stereocenters. The van der Waals surface area contributed by atoms with Crippen LogP contribution in [-0.4, -0.2) is 18.9 Å². The van der Waals surface area contributed by atoms with E-state index in [0.29, 0.717) is 0 Å². The molecule has 72 valence electrons. The topological polar surface area (TPSA) is 62.4 Å². The second-order valence-corrected chi connectivity index (χ2v) is 3.59. The van der Waals surface area contributed by atoms with Gasteiger partial charge in [0.05, 0.1) is 18.1 Å². The summed E-state index contributed by atoms with van der Waals surface area (Å²) in [4.78, 5) is 4.44. The number of para-hydroxylation sites is 1. The van der Waals surface area contributed by atoms with Crippen LogP contribution in [0.25, 0.3) is 5.70 Å². The average Bonchev–Trinajstić information content (AvgIpc) is 2.67. The van der Waals surface area contributed by atoms with Gasteiger partial charge >= 0.3 is 0 Å². The molecule has 2 atom stereocenters. The van der Waals surface area contributed by atoms with Crippen LogP contribution in [0.5, 0.6) is 0 Å². The fraction of sp³-hybridized carbons (Fsp3) is 0.300. The van der Waals surface area contributed by atoms with E-state index in [1.54, 1.807) is 0 Å². The van der Waals surface area contributed by atoms with Gasteiger partial charge in [-0.25, -0.2) is 0 Å². The van der Waals surface area contributed by atoms with E-state index < -0.39 is 0 Å². The van der Waals surface area contributed by atoms with E-state index in [4.69, 9.17) is 5.73 Å². The Morgan fingerprint density at radius 3 is 3.14 bits per heavy atom. The zero-order chi connectivity index (χ0) is 9.54. The van der Waals surface area contributed by atoms with Crippen LogP contribution in [0.4, 0.5) is 0 Å². The normalized spacial score (nSPS) is 28.8. The van der Waals surface area contributed by atoms with E-state index in [0.717, 1.165) is 12.0 Å². The van der Waals surface area contributed by atoms with Gasteiger partial charge in [0.1, 0.15) is 6.17 Å². The van der Waals surface area contributed by atoms with Crippen LogP contribution in [0.1, 0.15) is 0 Å². The third-order valence-electron chi connectivity index (χ3n) is 2.74. The molecule has 4 nitrogen and oxygen atoms in total. The largest absolute Gasteiger partial charge is 0.374 e. The smallest absolute Gasteiger partial charge is 0.119 e. The lowest BCUT2D eigenvalue weighted by Gasteiger charge is -2.19. The van der Waals surface area contributed by atoms with Gasteiger partial charge in [-0.05, 0) is 6.07 Å². The predicted molar refractivity (Wildman–Crippen MR) is 53.5 cm³/mol. The molecule has 1 saturated heterocycles. The molecule has 1 fully saturated rings. The van der Waals surface area contributed by atoms with Gasteiger partial charge in [0.15, 0.2) is 0 Å². The molecule has 0 saturated carbocycles. The molecule has 2 heterocycles. The van der Waals surface area contributed by atoms with Crippen molar-refractivity contribution in [3.8, 4) is 0 Å². The lowest BCUT2D eigenvalue weighted by Crippen LogP contribution is -2.49. The third kappa shape index (κ3) is 0.981. The standard InChI is InChI=1S/C10H12N4/c11-10-9-8(12-5-13-9)6-3-1-2-4-7(6)14-10/h1-4,9-10,12-13H,5,11H2. The number of nitrogens with one attached hydrogen (secondary N) is 2. The minimum Gasteiger partial charge on any atom is -0.374 e. The Morgan fingerprint density at radius 1 is 1.36 bits per heavy atom. The summed E-state index contributed by atoms with van der Waals surface area (Å²) in [5.41, 5.74) is 7.13. The molecule has 2 aliphatic rings. The van der Waals surface area contributed by atoms with E-state index in [2.05, 4.69) is 21.7 Å². The summed E-state index contributed by atoms with van der Waals surface area (Å²) in [5, 5.41) is 8.75. The molecule has 3 rings (SSSR count). The van der Waals surface area contributed by atoms with Crippen molar-refractivity contribution < 1.29 is 0 Å². The molecular formula is C10H12N4. The van der Waals surface area contributed by atoms with Crippen molar-refractivity contribution in [1.82, 2.24) is 10.6 Å². The molecule has 4 heteroatoms. The number of nitrogens with zero attached hydrogens (tertiary/aromatic N) is 1. The quantitative estimate of drug-likeness (QED) is 0.451. The van der Waals surface area contributed by atoms with Crippen LogP contribution in [0.3, 0.4) is 0 Å². The van der Waals surface area contributed by atoms with E-state index in [1.807, 2.05) is 18.2 Å². The lowest BCUT2D eigenvalue weighted by atomic mass is 10.1. The van der Waals surface area contributed by atoms with Crippen LogP contribution >= 0.6 is 0 Å². The molecule has 0 aromatic heterocycles. The van der Waals surface area contributed by atoms with Gasteiger partial charge in [-0.3, -0.25) is 10.3 Å². The summed E-state index contributed by atoms with van der Waals surface area (Å²) < 4.78 is 0. The summed E-state index contributed by atoms with van der Waals surface area (Å²) >= 11 is 0. The van der Waals surface area contributed by atoms with Crippen molar-refractivity contribution in [1.29, 1.82) is 0 Å². The van der Waals surface area contributed by atoms with Gasteiger partial charge in [-0.1, -0.05) is 18.2 Å². The predicted octanol–water partition coefficient (Wildman–Crippen LogP) is -1.77. The van der Waals surface area contributed by atoms with Gasteiger partial charge in [0, 0.05) is 10.9 Å². The SMILES string of the molecule is NC1N=c2ccccc2=C2NCNC21. The summed E-state index contributed by atoms with van der Waals surface area (Å²) in [6, 6.07) is 8.24. The van der Waals surface area contributed by atoms with Crippen molar-refractivity contribution in [2.45, 2.75) is 12.2 Å². The minimum atomic E-state index is -0.171. The van der Waals surface area contributed by atoms with E-state index in [1.165, 1.54) is 10.9 Å². The van der Waals surface area contributed by atoms with Crippen molar-refractivity contribution in [2.24, 2.45) is 10.7 Å². The Hall–Kier alpha value is -1.39. The second kappa shape index (κ2) is 2.80. The maximum absolute atomic E-state index is 5.94. The third-order valence-corrected chi connectivity index (χ3v) is 2.74. The van der Waals surface area contributed by atoms with Crippen LogP contribution in [-0.2, 0) is 0 Å². The van der Waals surface area contributed by atoms with Crippen LogP contribution in [0.2, 0.25) is 0 Å². The molecule has 14 heavy (non-hydrogen) atoms. The summed E-state index contributed by atoms with van der Waals surface area (Å²) in [7, 11) is 0. The first-order valence-corrected chi connectivity index (χ1v) is 4.76. The van der Waals surface area contributed by atoms with Gasteiger partial charge < -0.3 is 11.1 Å². The van der Waals surface area contributed by atoms with Crippen molar-refractivity contribution >= 4 is 5.70 Å². The molecule has 0 spiro atoms. The Morgan fingerprint density at radius 2 is 2.21 bits per heavy atom. The molecule has 1 aromatic carbocycles. The molecule has 2 aliphatic heterocycles. The first kappa shape index (κ1) is 7.96. The lowest BCUT2D eigenvalue weighted by molar-refractivity contribution is 0.546. The van der Waals surface area contributed by atoms with Crippen LogP contribution < -0.4 is 26.9 Å². The van der Waals surface area contributed by atoms with E-state index in [9.17, 15) is 0 Å². The van der Waals surface area contributed by atoms with Gasteiger partial charge in [-0.2, -0.15) is 0 Å². The number of rotatable bonds is 0. The number of hydrogen-bond acceptors (Lipinski definition) is 4. The Kier molecular flexibility index (Phi) is 1.59. The highest BCUT2D eigenvalue weighted by atomic mass is 15.2. The molecule has 0 amide bonds. The highest BCUT2D eigenvalue weighted by molar-refractivity contribution is 5.53. The summed E-state index contributed by atoms with van der Waals surface area (Å²) in [5.74, 6) is 0. The molecule has 0 radical (unpaired) electrons. The highest BCUT2D eigenvalue weighted by Gasteiger charge is 2.28. The minimum absolute atomic E-state index is 0.157. The van der Waals surface area contributed by atoms with Gasteiger partial charge in [0.25, 0.3) is 0 Å². The van der Waals surface area contributed by atoms with Crippen LogP contribution in [0, 0.1) is 0 Å². The van der Waals surface area contributed by atoms with Crippen molar-refractivity contribution in [3.63, 3.8) is 0 Å². The molecule has 1 aromatic rings. The number of hydrogen-bond donors (Lipinski definition) is 3. The maximum Gasteiger partial charge on any atom is 0.119 e. The Labute approximate surface area is 81.5 Å². The Bertz CT molecular complexity index is 479. The van der Waals surface area contributed by atoms with Crippen LogP contribution in [0.15, 0.2) is 29.3 Å². The fourth-order valence-corrected chi connectivity index (χ4v) is 2.07. The zero-order valence-corrected chi connectivity index (χ0v) is 7.70. The molecular weight excluding hydrogens is 176 g/mol. The fourth-order valence-electron chi connectivity index (χ4n) is 2.07. The average molecular weight is 188 g/mol.